The number of hydrogen-bond acceptors (Lipinski definition) is 0. The molecule has 1 heteroatoms. The maximum atomic E-state index is 2.58. The van der Waals surface area contributed by atoms with Crippen molar-refractivity contribution in [2.45, 2.75) is 81.2 Å². The topological polar surface area (TPSA) is 0 Å². The molecule has 0 nitrogen and oxygen atoms in total. The van der Waals surface area contributed by atoms with Crippen LogP contribution in [0.1, 0.15) is 81.0 Å². The van der Waals surface area contributed by atoms with E-state index >= 15 is 0 Å². The Kier molecular flexibility index (Phi) is 4.67. The monoisotopic (exact) mass is 312 g/mol. The molecule has 0 N–H and O–H groups in total. The molecule has 0 amide bonds. The van der Waals surface area contributed by atoms with Gasteiger partial charge in [0, 0.05) is 5.66 Å². The molecule has 1 atom stereocenters. The standard InChI is InChI=1S/C21H29P/c1-3-10-18(11-4-1)22(19-12-5-2-6-13-19)21-16-15-17-9-7-8-14-20(17)21/h7-9,14-16,18-19,21H,1-6,10-13H2. The zero-order valence-electron chi connectivity index (χ0n) is 13.7. The lowest BCUT2D eigenvalue weighted by Gasteiger charge is -2.42. The third-order valence-corrected chi connectivity index (χ3v) is 9.90. The van der Waals surface area contributed by atoms with Crippen molar-refractivity contribution in [1.82, 2.24) is 0 Å². The summed E-state index contributed by atoms with van der Waals surface area (Å²) in [5.41, 5.74) is 6.04. The first kappa shape index (κ1) is 14.9. The Morgan fingerprint density at radius 2 is 1.32 bits per heavy atom. The van der Waals surface area contributed by atoms with Crippen LogP contribution in [0.25, 0.3) is 6.08 Å². The van der Waals surface area contributed by atoms with Gasteiger partial charge in [0.25, 0.3) is 0 Å². The van der Waals surface area contributed by atoms with E-state index < -0.39 is 0 Å². The summed E-state index contributed by atoms with van der Waals surface area (Å²) in [6.07, 6.45) is 20.0. The van der Waals surface area contributed by atoms with E-state index in [-0.39, 0.29) is 7.92 Å². The predicted molar refractivity (Wildman–Crippen MR) is 98.9 cm³/mol. The normalized spacial score (nSPS) is 26.5. The van der Waals surface area contributed by atoms with E-state index in [0.717, 1.165) is 17.0 Å². The van der Waals surface area contributed by atoms with Gasteiger partial charge in [0.15, 0.2) is 0 Å². The highest BCUT2D eigenvalue weighted by atomic mass is 31.1. The summed E-state index contributed by atoms with van der Waals surface area (Å²) in [5.74, 6) is 0. The Labute approximate surface area is 137 Å². The van der Waals surface area contributed by atoms with Crippen LogP contribution < -0.4 is 0 Å². The average Bonchev–Trinajstić information content (AvgIpc) is 3.01. The molecule has 0 spiro atoms. The summed E-state index contributed by atoms with van der Waals surface area (Å²) in [6.45, 7) is 0. The lowest BCUT2D eigenvalue weighted by atomic mass is 9.99. The van der Waals surface area contributed by atoms with Crippen molar-refractivity contribution in [3.8, 4) is 0 Å². The molecule has 118 valence electrons. The van der Waals surface area contributed by atoms with Crippen LogP contribution in [0.2, 0.25) is 0 Å². The van der Waals surface area contributed by atoms with Crippen molar-refractivity contribution < 1.29 is 0 Å². The number of benzene rings is 1. The van der Waals surface area contributed by atoms with Gasteiger partial charge in [-0.3, -0.25) is 0 Å². The summed E-state index contributed by atoms with van der Waals surface area (Å²) < 4.78 is 0. The molecule has 0 radical (unpaired) electrons. The molecule has 0 aliphatic heterocycles. The third kappa shape index (κ3) is 2.92. The third-order valence-electron chi connectivity index (χ3n) is 6.09. The van der Waals surface area contributed by atoms with Gasteiger partial charge in [0.1, 0.15) is 0 Å². The smallest absolute Gasteiger partial charge is 0.0235 e. The minimum absolute atomic E-state index is 0.128. The summed E-state index contributed by atoms with van der Waals surface area (Å²) in [6, 6.07) is 9.20. The molecule has 0 bridgehead atoms. The van der Waals surface area contributed by atoms with Crippen LogP contribution >= 0.6 is 7.92 Å². The summed E-state index contributed by atoms with van der Waals surface area (Å²) in [5, 5.41) is 0. The highest BCUT2D eigenvalue weighted by Crippen LogP contribution is 2.66. The molecule has 0 saturated heterocycles. The highest BCUT2D eigenvalue weighted by molar-refractivity contribution is 7.59. The first-order valence-corrected chi connectivity index (χ1v) is 11.0. The zero-order valence-corrected chi connectivity index (χ0v) is 14.6. The second kappa shape index (κ2) is 6.88. The van der Waals surface area contributed by atoms with Crippen LogP contribution in [-0.2, 0) is 0 Å². The van der Waals surface area contributed by atoms with Crippen LogP contribution in [0, 0.1) is 0 Å². The summed E-state index contributed by atoms with van der Waals surface area (Å²) in [4.78, 5) is 0. The van der Waals surface area contributed by atoms with E-state index in [1.54, 1.807) is 5.56 Å². The van der Waals surface area contributed by atoms with Gasteiger partial charge in [0.05, 0.1) is 0 Å². The van der Waals surface area contributed by atoms with Crippen molar-refractivity contribution >= 4 is 14.0 Å². The Morgan fingerprint density at radius 3 is 1.95 bits per heavy atom. The molecule has 1 aromatic carbocycles. The Balaban J connectivity index is 1.63. The van der Waals surface area contributed by atoms with Crippen LogP contribution in [0.4, 0.5) is 0 Å². The van der Waals surface area contributed by atoms with E-state index in [1.807, 2.05) is 0 Å². The quantitative estimate of drug-likeness (QED) is 0.532. The predicted octanol–water partition coefficient (Wildman–Crippen LogP) is 6.90. The molecule has 2 fully saturated rings. The van der Waals surface area contributed by atoms with Crippen molar-refractivity contribution in [3.05, 3.63) is 41.5 Å². The summed E-state index contributed by atoms with van der Waals surface area (Å²) >= 11 is 0. The van der Waals surface area contributed by atoms with Crippen LogP contribution in [0.15, 0.2) is 30.3 Å². The lowest BCUT2D eigenvalue weighted by Crippen LogP contribution is -2.22. The number of rotatable bonds is 3. The van der Waals surface area contributed by atoms with E-state index in [1.165, 1.54) is 69.8 Å². The largest absolute Gasteiger partial charge is 0.0886 e. The van der Waals surface area contributed by atoms with Crippen LogP contribution in [-0.4, -0.2) is 11.3 Å². The first-order chi connectivity index (χ1) is 10.9. The molecule has 3 aliphatic rings. The molecule has 0 heterocycles. The van der Waals surface area contributed by atoms with E-state index in [0.29, 0.717) is 0 Å². The molecule has 0 aromatic heterocycles. The van der Waals surface area contributed by atoms with Crippen LogP contribution in [0.5, 0.6) is 0 Å². The highest BCUT2D eigenvalue weighted by Gasteiger charge is 2.37. The van der Waals surface area contributed by atoms with E-state index in [4.69, 9.17) is 0 Å². The summed E-state index contributed by atoms with van der Waals surface area (Å²) in [7, 11) is 0.128. The molecule has 1 unspecified atom stereocenters. The van der Waals surface area contributed by atoms with Gasteiger partial charge in [-0.15, -0.1) is 0 Å². The second-order valence-electron chi connectivity index (χ2n) is 7.46. The number of fused-ring (bicyclic) bond motifs is 1. The van der Waals surface area contributed by atoms with Gasteiger partial charge in [0.2, 0.25) is 0 Å². The minimum Gasteiger partial charge on any atom is -0.0886 e. The van der Waals surface area contributed by atoms with Crippen LogP contribution in [0.3, 0.4) is 0 Å². The maximum Gasteiger partial charge on any atom is 0.0235 e. The van der Waals surface area contributed by atoms with Gasteiger partial charge in [-0.2, -0.15) is 0 Å². The van der Waals surface area contributed by atoms with Crippen molar-refractivity contribution in [2.75, 3.05) is 0 Å². The molecule has 3 aliphatic carbocycles. The van der Waals surface area contributed by atoms with Gasteiger partial charge >= 0.3 is 0 Å². The van der Waals surface area contributed by atoms with Gasteiger partial charge in [-0.25, -0.2) is 0 Å². The van der Waals surface area contributed by atoms with Gasteiger partial charge in [-0.05, 0) is 48.1 Å². The number of hydrogen-bond donors (Lipinski definition) is 0. The fraction of sp³-hybridized carbons (Fsp3) is 0.619. The van der Waals surface area contributed by atoms with Crippen molar-refractivity contribution in [2.24, 2.45) is 0 Å². The Hall–Kier alpha value is -0.610. The second-order valence-corrected chi connectivity index (χ2v) is 10.4. The molecule has 2 saturated carbocycles. The lowest BCUT2D eigenvalue weighted by molar-refractivity contribution is 0.482. The molecular weight excluding hydrogens is 283 g/mol. The van der Waals surface area contributed by atoms with Crippen molar-refractivity contribution in [1.29, 1.82) is 0 Å². The molecule has 1 aromatic rings. The Bertz CT molecular complexity index is 502. The number of allylic oxidation sites excluding steroid dienone is 1. The first-order valence-electron chi connectivity index (χ1n) is 9.48. The minimum atomic E-state index is 0.128. The van der Waals surface area contributed by atoms with E-state index in [9.17, 15) is 0 Å². The van der Waals surface area contributed by atoms with Crippen molar-refractivity contribution in [3.63, 3.8) is 0 Å². The Morgan fingerprint density at radius 1 is 0.727 bits per heavy atom. The maximum absolute atomic E-state index is 2.58. The fourth-order valence-corrected chi connectivity index (χ4v) is 9.27. The fourth-order valence-electron chi connectivity index (χ4n) is 5.00. The molecular formula is C21H29P. The van der Waals surface area contributed by atoms with E-state index in [2.05, 4.69) is 36.4 Å². The SMILES string of the molecule is C1=CC(P(C2CCCCC2)C2CCCCC2)c2ccccc21. The zero-order chi connectivity index (χ0) is 14.8. The van der Waals surface area contributed by atoms with Gasteiger partial charge < -0.3 is 0 Å². The molecule has 22 heavy (non-hydrogen) atoms. The average molecular weight is 312 g/mol. The molecule has 4 rings (SSSR count). The van der Waals surface area contributed by atoms with Gasteiger partial charge in [-0.1, -0.05) is 82.9 Å².